The van der Waals surface area contributed by atoms with E-state index in [1.807, 2.05) is 30.3 Å². The first-order valence-electron chi connectivity index (χ1n) is 11.3. The van der Waals surface area contributed by atoms with Gasteiger partial charge in [-0.05, 0) is 29.8 Å². The van der Waals surface area contributed by atoms with Gasteiger partial charge in [0, 0.05) is 17.5 Å². The van der Waals surface area contributed by atoms with Gasteiger partial charge in [-0.2, -0.15) is 5.26 Å². The Balaban J connectivity index is 1.57. The molecule has 10 heteroatoms. The summed E-state index contributed by atoms with van der Waals surface area (Å²) in [5.74, 6) is 1.40. The van der Waals surface area contributed by atoms with Crippen LogP contribution in [-0.2, 0) is 11.2 Å². The summed E-state index contributed by atoms with van der Waals surface area (Å²) >= 11 is 0. The molecule has 0 spiro atoms. The summed E-state index contributed by atoms with van der Waals surface area (Å²) in [5.41, 5.74) is 2.27. The summed E-state index contributed by atoms with van der Waals surface area (Å²) in [4.78, 5) is 38.0. The summed E-state index contributed by atoms with van der Waals surface area (Å²) in [6, 6.07) is 22.0. The van der Waals surface area contributed by atoms with Crippen LogP contribution >= 0.6 is 0 Å². The van der Waals surface area contributed by atoms with Gasteiger partial charge in [0.2, 0.25) is 5.76 Å². The molecule has 1 amide bonds. The van der Waals surface area contributed by atoms with Crippen molar-refractivity contribution in [2.45, 2.75) is 6.42 Å². The van der Waals surface area contributed by atoms with E-state index in [1.54, 1.807) is 35.8 Å². The number of benzene rings is 3. The number of nitriles is 1. The van der Waals surface area contributed by atoms with Crippen LogP contribution in [0.3, 0.4) is 0 Å². The first-order chi connectivity index (χ1) is 18.4. The van der Waals surface area contributed by atoms with Crippen LogP contribution in [0.1, 0.15) is 42.4 Å². The Hall–Kier alpha value is -5.40. The monoisotopic (exact) mass is 511 g/mol. The largest absolute Gasteiger partial charge is 0.507 e. The third-order valence-electron chi connectivity index (χ3n) is 5.58. The SMILES string of the molecule is N#Cc1c(O)ccc(C(=O)OC(=O)c2occc2-c2ccccc2OCCc2ccccc2)c1C(=O)NN. The number of rotatable bonds is 8. The maximum Gasteiger partial charge on any atom is 0.382 e. The number of amides is 1. The van der Waals surface area contributed by atoms with Crippen LogP contribution in [0.5, 0.6) is 11.5 Å². The van der Waals surface area contributed by atoms with Crippen LogP contribution in [0, 0.1) is 11.3 Å². The number of nitrogen functional groups attached to an aromatic ring is 1. The van der Waals surface area contributed by atoms with Gasteiger partial charge >= 0.3 is 11.9 Å². The van der Waals surface area contributed by atoms with Gasteiger partial charge in [-0.25, -0.2) is 15.4 Å². The number of ether oxygens (including phenoxy) is 2. The number of aromatic hydroxyl groups is 1. The van der Waals surface area contributed by atoms with Crippen LogP contribution in [0.2, 0.25) is 0 Å². The average Bonchev–Trinajstić information content (AvgIpc) is 3.43. The summed E-state index contributed by atoms with van der Waals surface area (Å²) in [6.45, 7) is 0.380. The van der Waals surface area contributed by atoms with E-state index in [-0.39, 0.29) is 5.76 Å². The molecule has 0 saturated heterocycles. The van der Waals surface area contributed by atoms with E-state index in [0.29, 0.717) is 29.9 Å². The number of nitrogens with zero attached hydrogens (tertiary/aromatic N) is 1. The van der Waals surface area contributed by atoms with Gasteiger partial charge < -0.3 is 19.0 Å². The molecule has 190 valence electrons. The topological polar surface area (TPSA) is 165 Å². The van der Waals surface area contributed by atoms with Crippen LogP contribution in [0.15, 0.2) is 83.5 Å². The number of carbonyl (C=O) groups is 3. The molecule has 1 aromatic heterocycles. The Labute approximate surface area is 216 Å². The van der Waals surface area contributed by atoms with Gasteiger partial charge in [0.05, 0.1) is 24.0 Å². The zero-order chi connectivity index (χ0) is 27.1. The average molecular weight is 511 g/mol. The van der Waals surface area contributed by atoms with E-state index in [1.165, 1.54) is 12.3 Å². The summed E-state index contributed by atoms with van der Waals surface area (Å²) < 4.78 is 16.3. The maximum absolute atomic E-state index is 12.9. The molecule has 10 nitrogen and oxygen atoms in total. The van der Waals surface area contributed by atoms with E-state index < -0.39 is 40.3 Å². The number of carbonyl (C=O) groups excluding carboxylic acids is 3. The molecule has 4 N–H and O–H groups in total. The minimum absolute atomic E-state index is 0.276. The summed E-state index contributed by atoms with van der Waals surface area (Å²) in [7, 11) is 0. The van der Waals surface area contributed by atoms with Crippen LogP contribution in [0.4, 0.5) is 0 Å². The molecule has 1 heterocycles. The van der Waals surface area contributed by atoms with Crippen LogP contribution in [-0.4, -0.2) is 29.6 Å². The fraction of sp³-hybridized carbons (Fsp3) is 0.0714. The highest BCUT2D eigenvalue weighted by atomic mass is 16.6. The highest BCUT2D eigenvalue weighted by molar-refractivity contribution is 6.11. The molecule has 0 aliphatic carbocycles. The molecule has 0 aliphatic heterocycles. The molecule has 0 radical (unpaired) electrons. The molecule has 0 fully saturated rings. The third kappa shape index (κ3) is 5.38. The molecule has 0 saturated carbocycles. The quantitative estimate of drug-likeness (QED) is 0.105. The number of hydrazine groups is 1. The third-order valence-corrected chi connectivity index (χ3v) is 5.58. The van der Waals surface area contributed by atoms with Crippen molar-refractivity contribution in [3.05, 3.63) is 107 Å². The minimum atomic E-state index is -1.25. The van der Waals surface area contributed by atoms with Gasteiger partial charge in [0.25, 0.3) is 5.91 Å². The van der Waals surface area contributed by atoms with E-state index in [9.17, 15) is 24.8 Å². The predicted octanol–water partition coefficient (Wildman–Crippen LogP) is 3.75. The molecular formula is C28H21N3O7. The molecule has 0 aliphatic rings. The number of phenols is 1. The second-order valence-corrected chi connectivity index (χ2v) is 7.89. The zero-order valence-electron chi connectivity index (χ0n) is 19.8. The normalized spacial score (nSPS) is 10.3. The second-order valence-electron chi connectivity index (χ2n) is 7.89. The minimum Gasteiger partial charge on any atom is -0.507 e. The number of para-hydroxylation sites is 1. The molecule has 3 aromatic carbocycles. The van der Waals surface area contributed by atoms with Crippen molar-refractivity contribution in [1.29, 1.82) is 5.26 Å². The van der Waals surface area contributed by atoms with Crippen molar-refractivity contribution in [3.63, 3.8) is 0 Å². The fourth-order valence-electron chi connectivity index (χ4n) is 3.79. The number of phenolic OH excluding ortho intramolecular Hbond substituents is 1. The highest BCUT2D eigenvalue weighted by Gasteiger charge is 2.28. The standard InChI is InChI=1S/C28H21N3O7/c29-16-21-22(32)11-10-20(24(21)26(33)31-30)27(34)38-28(35)25-19(13-15-37-25)18-8-4-5-9-23(18)36-14-12-17-6-2-1-3-7-17/h1-11,13,15,32H,12,14,30H2,(H,31,33). The molecule has 4 rings (SSSR count). The number of hydrogen-bond donors (Lipinski definition) is 3. The van der Waals surface area contributed by atoms with Gasteiger partial charge in [0.15, 0.2) is 0 Å². The zero-order valence-corrected chi connectivity index (χ0v) is 19.8. The number of furan rings is 1. The Bertz CT molecular complexity index is 1540. The maximum atomic E-state index is 12.9. The second kappa shape index (κ2) is 11.6. The van der Waals surface area contributed by atoms with Gasteiger partial charge in [0.1, 0.15) is 23.1 Å². The van der Waals surface area contributed by atoms with Crippen LogP contribution in [0.25, 0.3) is 11.1 Å². The molecule has 4 aromatic rings. The number of hydrogen-bond acceptors (Lipinski definition) is 9. The Kier molecular flexibility index (Phi) is 7.81. The summed E-state index contributed by atoms with van der Waals surface area (Å²) in [5, 5.41) is 19.2. The van der Waals surface area contributed by atoms with Crippen LogP contribution < -0.4 is 16.0 Å². The molecule has 0 atom stereocenters. The molecule has 0 bridgehead atoms. The smallest absolute Gasteiger partial charge is 0.382 e. The summed E-state index contributed by atoms with van der Waals surface area (Å²) in [6.07, 6.45) is 1.93. The lowest BCUT2D eigenvalue weighted by atomic mass is 10.00. The van der Waals surface area contributed by atoms with E-state index in [0.717, 1.165) is 17.7 Å². The lowest BCUT2D eigenvalue weighted by Gasteiger charge is -2.12. The number of esters is 2. The van der Waals surface area contributed by atoms with Crippen molar-refractivity contribution in [3.8, 4) is 28.7 Å². The molecule has 0 unspecified atom stereocenters. The number of nitrogens with two attached hydrogens (primary N) is 1. The van der Waals surface area contributed by atoms with Gasteiger partial charge in [-0.3, -0.25) is 10.2 Å². The Morgan fingerprint density at radius 1 is 0.947 bits per heavy atom. The van der Waals surface area contributed by atoms with Crippen molar-refractivity contribution >= 4 is 17.8 Å². The van der Waals surface area contributed by atoms with Gasteiger partial charge in [-0.1, -0.05) is 48.5 Å². The Morgan fingerprint density at radius 3 is 2.42 bits per heavy atom. The van der Waals surface area contributed by atoms with Crippen molar-refractivity contribution < 1.29 is 33.4 Å². The fourth-order valence-corrected chi connectivity index (χ4v) is 3.79. The van der Waals surface area contributed by atoms with Crippen molar-refractivity contribution in [2.75, 3.05) is 6.61 Å². The lowest BCUT2D eigenvalue weighted by molar-refractivity contribution is 0.0374. The van der Waals surface area contributed by atoms with Crippen molar-refractivity contribution in [2.24, 2.45) is 5.84 Å². The van der Waals surface area contributed by atoms with Crippen molar-refractivity contribution in [1.82, 2.24) is 5.43 Å². The lowest BCUT2D eigenvalue weighted by Crippen LogP contribution is -2.32. The van der Waals surface area contributed by atoms with Gasteiger partial charge in [-0.15, -0.1) is 0 Å². The van der Waals surface area contributed by atoms with E-state index in [4.69, 9.17) is 19.7 Å². The predicted molar refractivity (Wildman–Crippen MR) is 134 cm³/mol. The first-order valence-corrected chi connectivity index (χ1v) is 11.3. The highest BCUT2D eigenvalue weighted by Crippen LogP contribution is 2.34. The first kappa shape index (κ1) is 25.7. The Morgan fingerprint density at radius 2 is 1.68 bits per heavy atom. The van der Waals surface area contributed by atoms with E-state index in [2.05, 4.69) is 0 Å². The van der Waals surface area contributed by atoms with E-state index >= 15 is 0 Å². The number of nitrogens with one attached hydrogen (secondary N) is 1. The molecular weight excluding hydrogens is 490 g/mol. The molecule has 38 heavy (non-hydrogen) atoms.